The topological polar surface area (TPSA) is 61.8 Å². The molecule has 2 bridgehead atoms. The average molecular weight is 412 g/mol. The molecule has 0 fully saturated rings. The lowest BCUT2D eigenvalue weighted by Gasteiger charge is -2.25. The van der Waals surface area contributed by atoms with Crippen molar-refractivity contribution in [1.82, 2.24) is 0 Å². The summed E-state index contributed by atoms with van der Waals surface area (Å²) in [6, 6.07) is 25.4. The Hall–Kier alpha value is -3.70. The van der Waals surface area contributed by atoms with Crippen LogP contribution in [0.15, 0.2) is 97.1 Å². The molecule has 31 heavy (non-hydrogen) atoms. The van der Waals surface area contributed by atoms with Crippen LogP contribution in [0.5, 0.6) is 0 Å². The summed E-state index contributed by atoms with van der Waals surface area (Å²) in [6.45, 7) is 0.0608. The van der Waals surface area contributed by atoms with Gasteiger partial charge in [0.05, 0.1) is 11.1 Å². The van der Waals surface area contributed by atoms with Crippen molar-refractivity contribution in [3.63, 3.8) is 0 Å². The van der Waals surface area contributed by atoms with Gasteiger partial charge in [0.15, 0.2) is 0 Å². The van der Waals surface area contributed by atoms with E-state index < -0.39 is 23.1 Å². The molecular weight excluding hydrogens is 392 g/mol. The number of rotatable bonds is 6. The molecule has 0 spiro atoms. The number of hydrogen-bond donors (Lipinski definition) is 0. The molecule has 0 saturated carbocycles. The molecule has 0 N–H and O–H groups in total. The van der Waals surface area contributed by atoms with Crippen LogP contribution >= 0.6 is 0 Å². The summed E-state index contributed by atoms with van der Waals surface area (Å²) in [6.07, 6.45) is 3.79. The molecule has 2 unspecified atom stereocenters. The fraction of sp³-hybridized carbons (Fsp3) is 0.154. The van der Waals surface area contributed by atoms with Gasteiger partial charge in [0, 0.05) is 0 Å². The number of carbonyl (C=O) groups excluding carboxylic acids is 2. The highest BCUT2D eigenvalue weighted by atomic mass is 16.6. The lowest BCUT2D eigenvalue weighted by molar-refractivity contribution is -0.118. The fourth-order valence-corrected chi connectivity index (χ4v) is 4.14. The van der Waals surface area contributed by atoms with E-state index in [1.54, 1.807) is 48.5 Å². The molecule has 2 heterocycles. The summed E-state index contributed by atoms with van der Waals surface area (Å²) in [5, 5.41) is 0. The molecule has 0 saturated heterocycles. The molecule has 0 aromatic heterocycles. The van der Waals surface area contributed by atoms with Gasteiger partial charge in [-0.1, -0.05) is 60.7 Å². The lowest BCUT2D eigenvalue weighted by Crippen LogP contribution is -2.32. The Labute approximate surface area is 179 Å². The van der Waals surface area contributed by atoms with Crippen LogP contribution in [0.3, 0.4) is 0 Å². The third-order valence-corrected chi connectivity index (χ3v) is 5.68. The molecule has 3 aromatic rings. The predicted molar refractivity (Wildman–Crippen MR) is 113 cm³/mol. The lowest BCUT2D eigenvalue weighted by atomic mass is 9.82. The van der Waals surface area contributed by atoms with Crippen LogP contribution in [0.2, 0.25) is 0 Å². The number of ether oxygens (including phenoxy) is 3. The Morgan fingerprint density at radius 3 is 1.42 bits per heavy atom. The minimum atomic E-state index is -0.903. The van der Waals surface area contributed by atoms with Crippen LogP contribution in [0, 0.1) is 0 Å². The second-order valence-corrected chi connectivity index (χ2v) is 7.64. The van der Waals surface area contributed by atoms with Crippen molar-refractivity contribution in [1.29, 1.82) is 0 Å². The maximum atomic E-state index is 12.5. The van der Waals surface area contributed by atoms with Crippen molar-refractivity contribution >= 4 is 11.9 Å². The van der Waals surface area contributed by atoms with Crippen LogP contribution in [0.1, 0.15) is 31.8 Å². The average Bonchev–Trinajstić information content (AvgIpc) is 3.35. The van der Waals surface area contributed by atoms with E-state index >= 15 is 0 Å². The Balaban J connectivity index is 1.35. The fourth-order valence-electron chi connectivity index (χ4n) is 4.14. The normalized spacial score (nSPS) is 22.7. The van der Waals surface area contributed by atoms with Gasteiger partial charge < -0.3 is 14.2 Å². The monoisotopic (exact) mass is 412 g/mol. The van der Waals surface area contributed by atoms with Gasteiger partial charge in [-0.05, 0) is 47.5 Å². The molecule has 5 nitrogen and oxygen atoms in total. The smallest absolute Gasteiger partial charge is 0.338 e. The van der Waals surface area contributed by atoms with Crippen LogP contribution in [-0.4, -0.2) is 25.2 Å². The van der Waals surface area contributed by atoms with Crippen molar-refractivity contribution < 1.29 is 23.8 Å². The highest BCUT2D eigenvalue weighted by Crippen LogP contribution is 2.54. The Morgan fingerprint density at radius 1 is 0.613 bits per heavy atom. The zero-order chi connectivity index (χ0) is 21.3. The van der Waals surface area contributed by atoms with Gasteiger partial charge >= 0.3 is 11.9 Å². The van der Waals surface area contributed by atoms with Crippen LogP contribution in [0.25, 0.3) is 0 Å². The van der Waals surface area contributed by atoms with E-state index in [1.165, 1.54) is 0 Å². The van der Waals surface area contributed by atoms with E-state index in [4.69, 9.17) is 14.2 Å². The molecule has 0 aliphatic carbocycles. The van der Waals surface area contributed by atoms with Gasteiger partial charge in [-0.15, -0.1) is 0 Å². The quantitative estimate of drug-likeness (QED) is 0.444. The van der Waals surface area contributed by atoms with E-state index in [2.05, 4.69) is 0 Å². The Kier molecular flexibility index (Phi) is 4.68. The highest BCUT2D eigenvalue weighted by Gasteiger charge is 2.57. The van der Waals surface area contributed by atoms with Gasteiger partial charge in [-0.25, -0.2) is 9.59 Å². The van der Waals surface area contributed by atoms with Crippen LogP contribution < -0.4 is 0 Å². The predicted octanol–water partition coefficient (Wildman–Crippen LogP) is 4.39. The largest absolute Gasteiger partial charge is 0.458 e. The summed E-state index contributed by atoms with van der Waals surface area (Å²) in [4.78, 5) is 24.9. The van der Waals surface area contributed by atoms with Crippen molar-refractivity contribution in [2.24, 2.45) is 0 Å². The highest BCUT2D eigenvalue weighted by molar-refractivity contribution is 5.90. The summed E-state index contributed by atoms with van der Waals surface area (Å²) >= 11 is 0. The number of hydrogen-bond acceptors (Lipinski definition) is 5. The molecule has 5 heteroatoms. The van der Waals surface area contributed by atoms with Gasteiger partial charge in [0.1, 0.15) is 24.4 Å². The third-order valence-electron chi connectivity index (χ3n) is 5.68. The number of esters is 2. The van der Waals surface area contributed by atoms with Gasteiger partial charge in [-0.3, -0.25) is 0 Å². The molecule has 0 radical (unpaired) electrons. The maximum Gasteiger partial charge on any atom is 0.338 e. The maximum absolute atomic E-state index is 12.5. The number of benzene rings is 3. The molecule has 5 rings (SSSR count). The Bertz CT molecular complexity index is 1060. The minimum Gasteiger partial charge on any atom is -0.458 e. The second kappa shape index (κ2) is 7.52. The number of fused-ring (bicyclic) bond motifs is 5. The SMILES string of the molecule is O=C(OCC12C=CC(COC(=O)c3ccccc3)(O1)c1ccccc12)c1ccccc1. The molecule has 2 atom stereocenters. The third kappa shape index (κ3) is 3.33. The molecule has 2 aliphatic rings. The Morgan fingerprint density at radius 2 is 1.00 bits per heavy atom. The molecule has 2 aliphatic heterocycles. The summed E-state index contributed by atoms with van der Waals surface area (Å²) < 4.78 is 17.6. The van der Waals surface area contributed by atoms with Crippen molar-refractivity contribution in [3.8, 4) is 0 Å². The van der Waals surface area contributed by atoms with E-state index in [1.807, 2.05) is 48.6 Å². The van der Waals surface area contributed by atoms with Crippen molar-refractivity contribution in [2.75, 3.05) is 13.2 Å². The first kappa shape index (κ1) is 19.3. The second-order valence-electron chi connectivity index (χ2n) is 7.64. The van der Waals surface area contributed by atoms with E-state index in [9.17, 15) is 9.59 Å². The molecule has 3 aromatic carbocycles. The molecule has 154 valence electrons. The van der Waals surface area contributed by atoms with Crippen LogP contribution in [0.4, 0.5) is 0 Å². The first-order chi connectivity index (χ1) is 15.1. The summed E-state index contributed by atoms with van der Waals surface area (Å²) in [5.41, 5.74) is 0.981. The van der Waals surface area contributed by atoms with Crippen LogP contribution in [-0.2, 0) is 25.4 Å². The van der Waals surface area contributed by atoms with E-state index in [0.29, 0.717) is 11.1 Å². The summed E-state index contributed by atoms with van der Waals surface area (Å²) in [7, 11) is 0. The first-order valence-electron chi connectivity index (χ1n) is 10.1. The number of carbonyl (C=O) groups is 2. The van der Waals surface area contributed by atoms with E-state index in [-0.39, 0.29) is 13.2 Å². The van der Waals surface area contributed by atoms with E-state index in [0.717, 1.165) is 11.1 Å². The standard InChI is InChI=1S/C26H20O5/c27-23(19-9-3-1-4-10-19)29-17-25-15-16-26(31-25,22-14-8-7-13-21(22)25)18-30-24(28)20-11-5-2-6-12-20/h1-16H,17-18H2. The van der Waals surface area contributed by atoms with Crippen molar-refractivity contribution in [2.45, 2.75) is 11.2 Å². The summed E-state index contributed by atoms with van der Waals surface area (Å²) in [5.74, 6) is -0.825. The first-order valence-corrected chi connectivity index (χ1v) is 10.1. The van der Waals surface area contributed by atoms with Gasteiger partial charge in [-0.2, -0.15) is 0 Å². The van der Waals surface area contributed by atoms with Crippen molar-refractivity contribution in [3.05, 3.63) is 119 Å². The zero-order valence-electron chi connectivity index (χ0n) is 16.7. The van der Waals surface area contributed by atoms with Gasteiger partial charge in [0.2, 0.25) is 0 Å². The minimum absolute atomic E-state index is 0.0304. The zero-order valence-corrected chi connectivity index (χ0v) is 16.7. The molecule has 0 amide bonds. The van der Waals surface area contributed by atoms with Gasteiger partial charge in [0.25, 0.3) is 0 Å². The molecular formula is C26H20O5.